The van der Waals surface area contributed by atoms with Crippen LogP contribution in [0.2, 0.25) is 10.0 Å². The molecule has 0 radical (unpaired) electrons. The number of nitrogens with two attached hydrogens (primary N) is 1. The van der Waals surface area contributed by atoms with Crippen molar-refractivity contribution in [3.05, 3.63) is 62.4 Å². The summed E-state index contributed by atoms with van der Waals surface area (Å²) in [4.78, 5) is 37.3. The van der Waals surface area contributed by atoms with Gasteiger partial charge in [-0.3, -0.25) is 24.5 Å². The lowest BCUT2D eigenvalue weighted by Crippen LogP contribution is -2.66. The third-order valence-electron chi connectivity index (χ3n) is 11.5. The quantitative estimate of drug-likeness (QED) is 0.177. The fourth-order valence-corrected chi connectivity index (χ4v) is 9.02. The Morgan fingerprint density at radius 1 is 1.10 bits per heavy atom. The van der Waals surface area contributed by atoms with Crippen LogP contribution in [0.5, 0.6) is 0 Å². The normalized spacial score (nSPS) is 23.6. The number of nitrogens with one attached hydrogen (secondary N) is 1. The molecule has 4 fully saturated rings. The van der Waals surface area contributed by atoms with Gasteiger partial charge in [0.25, 0.3) is 5.56 Å². The van der Waals surface area contributed by atoms with Crippen molar-refractivity contribution in [1.82, 2.24) is 19.5 Å². The first-order chi connectivity index (χ1) is 22.7. The second-order valence-corrected chi connectivity index (χ2v) is 15.6. The summed E-state index contributed by atoms with van der Waals surface area (Å²) in [6, 6.07) is 11.1. The lowest BCUT2D eigenvalue weighted by atomic mass is 9.44. The Kier molecular flexibility index (Phi) is 9.47. The van der Waals surface area contributed by atoms with Gasteiger partial charge >= 0.3 is 0 Å². The molecule has 12 heteroatoms. The van der Waals surface area contributed by atoms with Gasteiger partial charge < -0.3 is 10.6 Å². The molecule has 10 nitrogen and oxygen atoms in total. The van der Waals surface area contributed by atoms with E-state index in [1.165, 1.54) is 18.4 Å². The monoisotopic (exact) mass is 694 g/mol. The van der Waals surface area contributed by atoms with E-state index in [0.29, 0.717) is 63.4 Å². The summed E-state index contributed by atoms with van der Waals surface area (Å²) in [6.07, 6.45) is 2.56. The number of carbonyl (C=O) groups excluding carboxylic acids is 1. The second-order valence-electron chi connectivity index (χ2n) is 14.8. The predicted octanol–water partition coefficient (Wildman–Crippen LogP) is 6.01. The molecule has 4 aliphatic rings. The summed E-state index contributed by atoms with van der Waals surface area (Å²) < 4.78 is 1.75. The maximum Gasteiger partial charge on any atom is 0.262 e. The van der Waals surface area contributed by atoms with Crippen LogP contribution in [0, 0.1) is 28.6 Å². The maximum absolute atomic E-state index is 14.3. The van der Waals surface area contributed by atoms with Gasteiger partial charge in [0, 0.05) is 55.7 Å². The standard InChI is InChI=1S/C36H48Cl2N8O2/c1-21(2)42-13-15-43(16-14-42)35-41-31-20-27(9-10-28(31)33(48)44(35)12-11-24-7-8-26(37)19-30(24)38)46(34(39)40)45(23(4)47)32-18-25-17-29(22(32)3)36(25,5)6/h7-10,19-22,25,29,32H,11-18H2,1-6H3,(H3,39,40)/t22-,25-,29+,32-/m0/s1. The zero-order valence-corrected chi connectivity index (χ0v) is 30.4. The van der Waals surface area contributed by atoms with E-state index in [9.17, 15) is 9.59 Å². The number of guanidine groups is 1. The highest BCUT2D eigenvalue weighted by Gasteiger charge is 2.58. The van der Waals surface area contributed by atoms with Crippen molar-refractivity contribution in [2.24, 2.45) is 28.9 Å². The van der Waals surface area contributed by atoms with E-state index in [1.807, 2.05) is 6.07 Å². The second kappa shape index (κ2) is 13.2. The van der Waals surface area contributed by atoms with Crippen molar-refractivity contribution in [2.45, 2.75) is 79.4 Å². The number of carbonyl (C=O) groups is 1. The van der Waals surface area contributed by atoms with Gasteiger partial charge in [0.1, 0.15) is 0 Å². The number of amides is 1. The lowest BCUT2D eigenvalue weighted by molar-refractivity contribution is -0.156. The molecule has 1 saturated heterocycles. The van der Waals surface area contributed by atoms with Crippen LogP contribution in [0.25, 0.3) is 10.9 Å². The summed E-state index contributed by atoms with van der Waals surface area (Å²) in [5, 5.41) is 13.4. The maximum atomic E-state index is 14.3. The minimum atomic E-state index is -0.256. The molecule has 258 valence electrons. The van der Waals surface area contributed by atoms with E-state index in [1.54, 1.807) is 39.9 Å². The van der Waals surface area contributed by atoms with Crippen molar-refractivity contribution >= 4 is 57.6 Å². The molecular weight excluding hydrogens is 647 g/mol. The van der Waals surface area contributed by atoms with Gasteiger partial charge in [-0.05, 0) is 92.2 Å². The van der Waals surface area contributed by atoms with Crippen molar-refractivity contribution in [3.8, 4) is 0 Å². The molecule has 1 aliphatic heterocycles. The number of fused-ring (bicyclic) bond motifs is 3. The van der Waals surface area contributed by atoms with Gasteiger partial charge in [0.15, 0.2) is 0 Å². The number of halogens is 2. The highest BCUT2D eigenvalue weighted by molar-refractivity contribution is 6.35. The molecule has 1 aromatic heterocycles. The molecule has 2 aromatic carbocycles. The molecule has 1 amide bonds. The fourth-order valence-electron chi connectivity index (χ4n) is 8.51. The molecule has 3 aromatic rings. The Bertz CT molecular complexity index is 1780. The molecule has 2 heterocycles. The molecular formula is C36H48Cl2N8O2. The number of hydrogen-bond acceptors (Lipinski definition) is 6. The Labute approximate surface area is 293 Å². The molecule has 2 bridgehead atoms. The highest BCUT2D eigenvalue weighted by Crippen LogP contribution is 2.62. The van der Waals surface area contributed by atoms with Crippen molar-refractivity contribution in [1.29, 1.82) is 5.41 Å². The number of rotatable bonds is 7. The zero-order chi connectivity index (χ0) is 34.7. The molecule has 48 heavy (non-hydrogen) atoms. The minimum absolute atomic E-state index is 0.0904. The molecule has 0 unspecified atom stereocenters. The number of nitrogens with zero attached hydrogens (tertiary/aromatic N) is 6. The van der Waals surface area contributed by atoms with Crippen LogP contribution in [0.15, 0.2) is 41.2 Å². The third-order valence-corrected chi connectivity index (χ3v) is 12.1. The van der Waals surface area contributed by atoms with Gasteiger partial charge in [0.05, 0.1) is 22.6 Å². The van der Waals surface area contributed by atoms with E-state index in [2.05, 4.69) is 44.4 Å². The number of aromatic nitrogens is 2. The number of piperazine rings is 1. The number of aryl methyl sites for hydroxylation is 1. The van der Waals surface area contributed by atoms with Gasteiger partial charge in [-0.15, -0.1) is 0 Å². The molecule has 0 spiro atoms. The number of hydrogen-bond donors (Lipinski definition) is 2. The van der Waals surface area contributed by atoms with E-state index < -0.39 is 0 Å². The smallest absolute Gasteiger partial charge is 0.262 e. The predicted molar refractivity (Wildman–Crippen MR) is 195 cm³/mol. The van der Waals surface area contributed by atoms with E-state index in [0.717, 1.165) is 38.2 Å². The van der Waals surface area contributed by atoms with Crippen LogP contribution in [0.4, 0.5) is 11.6 Å². The first-order valence-electron chi connectivity index (χ1n) is 17.1. The van der Waals surface area contributed by atoms with Crippen molar-refractivity contribution in [2.75, 3.05) is 36.1 Å². The third kappa shape index (κ3) is 6.16. The molecule has 3 saturated carbocycles. The Hall–Kier alpha value is -3.34. The average molecular weight is 696 g/mol. The number of hydrazine groups is 1. The van der Waals surface area contributed by atoms with E-state index in [-0.39, 0.29) is 34.8 Å². The van der Waals surface area contributed by atoms with Crippen LogP contribution in [-0.2, 0) is 17.8 Å². The minimum Gasteiger partial charge on any atom is -0.368 e. The number of benzene rings is 2. The summed E-state index contributed by atoms with van der Waals surface area (Å²) in [6.45, 7) is 16.4. The average Bonchev–Trinajstić information content (AvgIpc) is 3.03. The summed E-state index contributed by atoms with van der Waals surface area (Å²) in [5.74, 6) is 1.42. The molecule has 7 rings (SSSR count). The molecule has 3 aliphatic carbocycles. The summed E-state index contributed by atoms with van der Waals surface area (Å²) >= 11 is 12.7. The van der Waals surface area contributed by atoms with E-state index in [4.69, 9.17) is 39.3 Å². The fraction of sp³-hybridized carbons (Fsp3) is 0.556. The lowest BCUT2D eigenvalue weighted by Gasteiger charge is -2.63. The first kappa shape index (κ1) is 34.5. The van der Waals surface area contributed by atoms with Gasteiger partial charge in [-0.2, -0.15) is 0 Å². The first-order valence-corrected chi connectivity index (χ1v) is 17.9. The van der Waals surface area contributed by atoms with Crippen LogP contribution in [0.3, 0.4) is 0 Å². The van der Waals surface area contributed by atoms with E-state index >= 15 is 0 Å². The highest BCUT2D eigenvalue weighted by atomic mass is 35.5. The van der Waals surface area contributed by atoms with Gasteiger partial charge in [0.2, 0.25) is 17.8 Å². The summed E-state index contributed by atoms with van der Waals surface area (Å²) in [5.41, 5.74) is 8.27. The van der Waals surface area contributed by atoms with Crippen LogP contribution >= 0.6 is 23.2 Å². The van der Waals surface area contributed by atoms with Crippen LogP contribution < -0.4 is 21.2 Å². The van der Waals surface area contributed by atoms with Crippen molar-refractivity contribution in [3.63, 3.8) is 0 Å². The SMILES string of the molecule is CC(=O)N([C@H]1C[C@@H]2C[C@H]([C@@H]1C)C2(C)C)N(C(=N)N)c1ccc2c(=O)n(CCc3ccc(Cl)cc3Cl)c(N3CCN(C(C)C)CC3)nc2c1. The largest absolute Gasteiger partial charge is 0.368 e. The Morgan fingerprint density at radius 3 is 2.40 bits per heavy atom. The molecule has 4 atom stereocenters. The topological polar surface area (TPSA) is 115 Å². The Balaban J connectivity index is 1.40. The van der Waals surface area contributed by atoms with Gasteiger partial charge in [-0.1, -0.05) is 50.0 Å². The molecule has 3 N–H and O–H groups in total. The van der Waals surface area contributed by atoms with Gasteiger partial charge in [-0.25, -0.2) is 15.0 Å². The Morgan fingerprint density at radius 2 is 1.81 bits per heavy atom. The van der Waals surface area contributed by atoms with Crippen LogP contribution in [-0.4, -0.2) is 69.6 Å². The zero-order valence-electron chi connectivity index (χ0n) is 28.8. The summed E-state index contributed by atoms with van der Waals surface area (Å²) in [7, 11) is 0. The van der Waals surface area contributed by atoms with Crippen molar-refractivity contribution < 1.29 is 4.79 Å². The number of anilines is 2. The van der Waals surface area contributed by atoms with Crippen LogP contribution in [0.1, 0.15) is 59.9 Å².